The maximum Gasteiger partial charge on any atom is 0.410 e. The number of fused-ring (bicyclic) bond motifs is 1. The zero-order valence-electron chi connectivity index (χ0n) is 19.5. The Morgan fingerprint density at radius 1 is 1.03 bits per heavy atom. The van der Waals surface area contributed by atoms with Crippen molar-refractivity contribution in [3.8, 4) is 5.75 Å². The van der Waals surface area contributed by atoms with Gasteiger partial charge in [0.25, 0.3) is 5.91 Å². The predicted molar refractivity (Wildman–Crippen MR) is 137 cm³/mol. The summed E-state index contributed by atoms with van der Waals surface area (Å²) in [6.07, 6.45) is 6.17. The molecule has 0 spiro atoms. The normalized spacial score (nSPS) is 12.9. The molecule has 0 aliphatic carbocycles. The molecule has 3 heterocycles. The molecule has 0 unspecified atom stereocenters. The highest BCUT2D eigenvalue weighted by atomic mass is 16.5. The SMILES string of the molecule is NC(=O)Oc1cccc2c(NCc3cccc(NC(=O)c4cncc(N5CCCC5)c4)c3)ncnc12. The lowest BCUT2D eigenvalue weighted by atomic mass is 10.1. The summed E-state index contributed by atoms with van der Waals surface area (Å²) in [5, 5.41) is 6.93. The Hall–Kier alpha value is -4.73. The summed E-state index contributed by atoms with van der Waals surface area (Å²) in [6, 6.07) is 14.6. The van der Waals surface area contributed by atoms with Gasteiger partial charge in [-0.3, -0.25) is 9.78 Å². The van der Waals surface area contributed by atoms with Crippen molar-refractivity contribution in [2.45, 2.75) is 19.4 Å². The Morgan fingerprint density at radius 3 is 2.69 bits per heavy atom. The summed E-state index contributed by atoms with van der Waals surface area (Å²) in [4.78, 5) is 39.1. The lowest BCUT2D eigenvalue weighted by Crippen LogP contribution is -2.19. The standard InChI is InChI=1S/C26H25N7O3/c27-26(35)36-22-8-4-7-21-23(22)30-16-31-24(21)29-13-17-5-3-6-19(11-17)32-25(34)18-12-20(15-28-14-18)33-9-1-2-10-33/h3-8,11-12,14-16H,1-2,9-10,13H2,(H2,27,35)(H,32,34)(H,29,30,31). The molecule has 10 nitrogen and oxygen atoms in total. The number of anilines is 3. The first-order valence-corrected chi connectivity index (χ1v) is 11.6. The summed E-state index contributed by atoms with van der Waals surface area (Å²) < 4.78 is 5.04. The molecular weight excluding hydrogens is 458 g/mol. The van der Waals surface area contributed by atoms with Gasteiger partial charge in [-0.05, 0) is 48.7 Å². The van der Waals surface area contributed by atoms with Crippen LogP contribution < -0.4 is 26.0 Å². The highest BCUT2D eigenvalue weighted by molar-refractivity contribution is 6.04. The van der Waals surface area contributed by atoms with Crippen LogP contribution in [0.5, 0.6) is 5.75 Å². The fourth-order valence-electron chi connectivity index (χ4n) is 4.24. The van der Waals surface area contributed by atoms with E-state index in [2.05, 4.69) is 30.5 Å². The number of benzene rings is 2. The molecule has 4 N–H and O–H groups in total. The van der Waals surface area contributed by atoms with Crippen molar-refractivity contribution in [2.75, 3.05) is 28.6 Å². The number of amides is 2. The van der Waals surface area contributed by atoms with Crippen molar-refractivity contribution in [1.29, 1.82) is 0 Å². The molecule has 1 aliphatic rings. The fraction of sp³-hybridized carbons (Fsp3) is 0.192. The Morgan fingerprint density at radius 2 is 1.86 bits per heavy atom. The molecule has 10 heteroatoms. The van der Waals surface area contributed by atoms with Crippen molar-refractivity contribution in [1.82, 2.24) is 15.0 Å². The smallest absolute Gasteiger partial charge is 0.408 e. The number of rotatable bonds is 7. The molecule has 182 valence electrons. The number of para-hydroxylation sites is 1. The van der Waals surface area contributed by atoms with Crippen LogP contribution in [0.1, 0.15) is 28.8 Å². The average Bonchev–Trinajstić information content (AvgIpc) is 3.43. The summed E-state index contributed by atoms with van der Waals surface area (Å²) in [5.41, 5.74) is 8.73. The van der Waals surface area contributed by atoms with Crippen LogP contribution in [0.3, 0.4) is 0 Å². The molecule has 0 atom stereocenters. The van der Waals surface area contributed by atoms with Crippen LogP contribution in [0, 0.1) is 0 Å². The van der Waals surface area contributed by atoms with E-state index < -0.39 is 6.09 Å². The van der Waals surface area contributed by atoms with E-state index in [1.807, 2.05) is 36.4 Å². The van der Waals surface area contributed by atoms with E-state index in [1.54, 1.807) is 24.5 Å². The Bertz CT molecular complexity index is 1420. The van der Waals surface area contributed by atoms with Crippen LogP contribution in [0.2, 0.25) is 0 Å². The van der Waals surface area contributed by atoms with E-state index in [0.29, 0.717) is 34.5 Å². The second-order valence-corrected chi connectivity index (χ2v) is 8.43. The predicted octanol–water partition coefficient (Wildman–Crippen LogP) is 3.95. The third-order valence-electron chi connectivity index (χ3n) is 5.94. The fourth-order valence-corrected chi connectivity index (χ4v) is 4.24. The van der Waals surface area contributed by atoms with Gasteiger partial charge in [0, 0.05) is 36.9 Å². The number of nitrogens with two attached hydrogens (primary N) is 1. The lowest BCUT2D eigenvalue weighted by Gasteiger charge is -2.17. The number of pyridine rings is 1. The van der Waals surface area contributed by atoms with E-state index in [0.717, 1.165) is 37.2 Å². The van der Waals surface area contributed by atoms with E-state index in [1.165, 1.54) is 6.33 Å². The van der Waals surface area contributed by atoms with Gasteiger partial charge in [-0.2, -0.15) is 0 Å². The summed E-state index contributed by atoms with van der Waals surface area (Å²) in [7, 11) is 0. The van der Waals surface area contributed by atoms with Crippen LogP contribution in [0.4, 0.5) is 22.0 Å². The molecule has 0 saturated carbocycles. The minimum absolute atomic E-state index is 0.211. The Balaban J connectivity index is 1.28. The monoisotopic (exact) mass is 483 g/mol. The molecule has 5 rings (SSSR count). The molecule has 4 aromatic rings. The number of nitrogens with one attached hydrogen (secondary N) is 2. The number of aromatic nitrogens is 3. The molecule has 2 amide bonds. The third-order valence-corrected chi connectivity index (χ3v) is 5.94. The molecule has 36 heavy (non-hydrogen) atoms. The highest BCUT2D eigenvalue weighted by Gasteiger charge is 2.15. The second-order valence-electron chi connectivity index (χ2n) is 8.43. The van der Waals surface area contributed by atoms with Crippen molar-refractivity contribution in [3.05, 3.63) is 78.4 Å². The van der Waals surface area contributed by atoms with E-state index >= 15 is 0 Å². The van der Waals surface area contributed by atoms with Crippen molar-refractivity contribution in [2.24, 2.45) is 5.73 Å². The minimum atomic E-state index is -0.909. The maximum atomic E-state index is 12.9. The number of carbonyl (C=O) groups excluding carboxylic acids is 2. The van der Waals surface area contributed by atoms with Gasteiger partial charge in [-0.25, -0.2) is 14.8 Å². The first kappa shape index (κ1) is 23.0. The summed E-state index contributed by atoms with van der Waals surface area (Å²) in [6.45, 7) is 2.43. The van der Waals surface area contributed by atoms with Gasteiger partial charge in [0.05, 0.1) is 17.4 Å². The molecule has 2 aromatic carbocycles. The summed E-state index contributed by atoms with van der Waals surface area (Å²) in [5.74, 6) is 0.630. The average molecular weight is 484 g/mol. The topological polar surface area (TPSA) is 135 Å². The van der Waals surface area contributed by atoms with Gasteiger partial charge in [0.1, 0.15) is 17.7 Å². The van der Waals surface area contributed by atoms with Crippen LogP contribution in [0.25, 0.3) is 10.9 Å². The van der Waals surface area contributed by atoms with Crippen molar-refractivity contribution >= 4 is 40.1 Å². The second kappa shape index (κ2) is 10.3. The Kier molecular flexibility index (Phi) is 6.57. The first-order valence-electron chi connectivity index (χ1n) is 11.6. The molecule has 2 aromatic heterocycles. The summed E-state index contributed by atoms with van der Waals surface area (Å²) >= 11 is 0. The number of primary amides is 1. The molecule has 1 aliphatic heterocycles. The highest BCUT2D eigenvalue weighted by Crippen LogP contribution is 2.28. The number of ether oxygens (including phenoxy) is 1. The number of carbonyl (C=O) groups is 2. The van der Waals surface area contributed by atoms with Crippen molar-refractivity contribution in [3.63, 3.8) is 0 Å². The van der Waals surface area contributed by atoms with E-state index in [4.69, 9.17) is 10.5 Å². The molecule has 0 radical (unpaired) electrons. The number of hydrogen-bond donors (Lipinski definition) is 3. The van der Waals surface area contributed by atoms with Gasteiger partial charge in [-0.15, -0.1) is 0 Å². The largest absolute Gasteiger partial charge is 0.410 e. The number of nitrogens with zero attached hydrogens (tertiary/aromatic N) is 4. The molecule has 1 fully saturated rings. The van der Waals surface area contributed by atoms with Crippen molar-refractivity contribution < 1.29 is 14.3 Å². The van der Waals surface area contributed by atoms with Crippen LogP contribution in [-0.2, 0) is 6.54 Å². The zero-order valence-corrected chi connectivity index (χ0v) is 19.5. The van der Waals surface area contributed by atoms with E-state index in [9.17, 15) is 9.59 Å². The number of hydrogen-bond acceptors (Lipinski definition) is 8. The lowest BCUT2D eigenvalue weighted by molar-refractivity contribution is 0.102. The van der Waals surface area contributed by atoms with Crippen LogP contribution in [-0.4, -0.2) is 40.0 Å². The first-order chi connectivity index (χ1) is 17.6. The molecule has 1 saturated heterocycles. The molecule has 0 bridgehead atoms. The van der Waals surface area contributed by atoms with Gasteiger partial charge in [0.15, 0.2) is 5.75 Å². The quantitative estimate of drug-likeness (QED) is 0.360. The van der Waals surface area contributed by atoms with Crippen LogP contribution >= 0.6 is 0 Å². The minimum Gasteiger partial charge on any atom is -0.408 e. The van der Waals surface area contributed by atoms with Gasteiger partial charge < -0.3 is 26.0 Å². The maximum absolute atomic E-state index is 12.9. The molecular formula is C26H25N7O3. The zero-order chi connectivity index (χ0) is 24.9. The van der Waals surface area contributed by atoms with E-state index in [-0.39, 0.29) is 11.7 Å². The van der Waals surface area contributed by atoms with Gasteiger partial charge in [-0.1, -0.05) is 18.2 Å². The van der Waals surface area contributed by atoms with Crippen LogP contribution in [0.15, 0.2) is 67.3 Å². The Labute approximate surface area is 207 Å². The van der Waals surface area contributed by atoms with Gasteiger partial charge in [0.2, 0.25) is 0 Å². The van der Waals surface area contributed by atoms with Gasteiger partial charge >= 0.3 is 6.09 Å². The third kappa shape index (κ3) is 5.17.